The van der Waals surface area contributed by atoms with Crippen molar-refractivity contribution in [2.75, 3.05) is 33.7 Å². The van der Waals surface area contributed by atoms with Crippen LogP contribution in [0.2, 0.25) is 0 Å². The van der Waals surface area contributed by atoms with E-state index in [4.69, 9.17) is 5.11 Å². The van der Waals surface area contributed by atoms with Crippen molar-refractivity contribution in [2.45, 2.75) is 26.3 Å². The van der Waals surface area contributed by atoms with Crippen molar-refractivity contribution in [3.63, 3.8) is 0 Å². The van der Waals surface area contributed by atoms with Gasteiger partial charge in [0, 0.05) is 12.6 Å². The molecule has 4 heteroatoms. The Morgan fingerprint density at radius 1 is 1.29 bits per heavy atom. The standard InChI is InChI=1S/C10H22N2O2/c1-9(2)12(8-10(13)14)7-5-6-11(3)4/h9H,5-8H2,1-4H3,(H,13,14). The summed E-state index contributed by atoms with van der Waals surface area (Å²) in [6.45, 7) is 6.05. The van der Waals surface area contributed by atoms with Crippen molar-refractivity contribution in [3.05, 3.63) is 0 Å². The molecule has 0 aromatic heterocycles. The summed E-state index contributed by atoms with van der Waals surface area (Å²) in [5, 5.41) is 8.69. The van der Waals surface area contributed by atoms with Crippen molar-refractivity contribution >= 4 is 5.97 Å². The van der Waals surface area contributed by atoms with E-state index in [1.54, 1.807) is 0 Å². The van der Waals surface area contributed by atoms with Crippen LogP contribution in [0.25, 0.3) is 0 Å². The third-order valence-corrected chi connectivity index (χ3v) is 2.12. The minimum atomic E-state index is -0.747. The third-order valence-electron chi connectivity index (χ3n) is 2.12. The third kappa shape index (κ3) is 6.86. The molecule has 0 aliphatic carbocycles. The molecule has 4 nitrogen and oxygen atoms in total. The molecular weight excluding hydrogens is 180 g/mol. The molecular formula is C10H22N2O2. The molecule has 0 aliphatic rings. The lowest BCUT2D eigenvalue weighted by Gasteiger charge is -2.24. The van der Waals surface area contributed by atoms with E-state index in [1.165, 1.54) is 0 Å². The number of carbonyl (C=O) groups is 1. The van der Waals surface area contributed by atoms with E-state index in [1.807, 2.05) is 32.8 Å². The fraction of sp³-hybridized carbons (Fsp3) is 0.900. The van der Waals surface area contributed by atoms with Crippen LogP contribution in [0.5, 0.6) is 0 Å². The van der Waals surface area contributed by atoms with E-state index in [-0.39, 0.29) is 6.54 Å². The molecule has 0 aromatic rings. The highest BCUT2D eigenvalue weighted by molar-refractivity contribution is 5.69. The van der Waals surface area contributed by atoms with E-state index in [0.717, 1.165) is 19.5 Å². The van der Waals surface area contributed by atoms with Crippen LogP contribution in [0.1, 0.15) is 20.3 Å². The molecule has 0 rings (SSSR count). The van der Waals surface area contributed by atoms with Crippen molar-refractivity contribution in [1.29, 1.82) is 0 Å². The van der Waals surface area contributed by atoms with E-state index in [9.17, 15) is 4.79 Å². The van der Waals surface area contributed by atoms with Crippen molar-refractivity contribution in [2.24, 2.45) is 0 Å². The first-order valence-corrected chi connectivity index (χ1v) is 5.04. The number of hydrogen-bond acceptors (Lipinski definition) is 3. The van der Waals surface area contributed by atoms with Gasteiger partial charge in [-0.3, -0.25) is 9.69 Å². The summed E-state index contributed by atoms with van der Waals surface area (Å²) in [5.41, 5.74) is 0. The summed E-state index contributed by atoms with van der Waals surface area (Å²) < 4.78 is 0. The van der Waals surface area contributed by atoms with Gasteiger partial charge >= 0.3 is 5.97 Å². The van der Waals surface area contributed by atoms with E-state index in [2.05, 4.69) is 4.90 Å². The number of hydrogen-bond donors (Lipinski definition) is 1. The second kappa shape index (κ2) is 6.79. The molecule has 0 unspecified atom stereocenters. The highest BCUT2D eigenvalue weighted by Crippen LogP contribution is 1.99. The Hall–Kier alpha value is -0.610. The maximum absolute atomic E-state index is 10.6. The second-order valence-electron chi connectivity index (χ2n) is 4.11. The van der Waals surface area contributed by atoms with Gasteiger partial charge in [-0.25, -0.2) is 0 Å². The van der Waals surface area contributed by atoms with E-state index >= 15 is 0 Å². The zero-order valence-corrected chi connectivity index (χ0v) is 9.66. The van der Waals surface area contributed by atoms with Crippen LogP contribution in [-0.2, 0) is 4.79 Å². The summed E-state index contributed by atoms with van der Waals surface area (Å²) in [6, 6.07) is 0.299. The predicted molar refractivity (Wildman–Crippen MR) is 57.5 cm³/mol. The van der Waals surface area contributed by atoms with Gasteiger partial charge in [-0.15, -0.1) is 0 Å². The Labute approximate surface area is 86.5 Å². The Kier molecular flexibility index (Phi) is 6.49. The first-order chi connectivity index (χ1) is 6.43. The molecule has 0 spiro atoms. The smallest absolute Gasteiger partial charge is 0.317 e. The maximum atomic E-state index is 10.6. The van der Waals surface area contributed by atoms with Gasteiger partial charge in [0.05, 0.1) is 6.54 Å². The lowest BCUT2D eigenvalue weighted by Crippen LogP contribution is -2.37. The molecule has 0 saturated carbocycles. The second-order valence-corrected chi connectivity index (χ2v) is 4.11. The van der Waals surface area contributed by atoms with Gasteiger partial charge in [0.15, 0.2) is 0 Å². The normalized spacial score (nSPS) is 11.6. The van der Waals surface area contributed by atoms with Gasteiger partial charge < -0.3 is 10.0 Å². The van der Waals surface area contributed by atoms with Crippen molar-refractivity contribution in [3.8, 4) is 0 Å². The van der Waals surface area contributed by atoms with Gasteiger partial charge in [-0.1, -0.05) is 0 Å². The summed E-state index contributed by atoms with van der Waals surface area (Å²) in [4.78, 5) is 14.6. The zero-order chi connectivity index (χ0) is 11.1. The Balaban J connectivity index is 3.79. The predicted octanol–water partition coefficient (Wildman–Crippen LogP) is 0.733. The molecule has 0 heterocycles. The Morgan fingerprint density at radius 2 is 1.86 bits per heavy atom. The van der Waals surface area contributed by atoms with Crippen molar-refractivity contribution < 1.29 is 9.90 Å². The largest absolute Gasteiger partial charge is 0.480 e. The van der Waals surface area contributed by atoms with Crippen molar-refractivity contribution in [1.82, 2.24) is 9.80 Å². The number of carboxylic acids is 1. The highest BCUT2D eigenvalue weighted by Gasteiger charge is 2.12. The topological polar surface area (TPSA) is 43.8 Å². The summed E-state index contributed by atoms with van der Waals surface area (Å²) in [7, 11) is 4.05. The molecule has 84 valence electrons. The fourth-order valence-electron chi connectivity index (χ4n) is 1.28. The SMILES string of the molecule is CC(C)N(CCCN(C)C)CC(=O)O. The van der Waals surface area contributed by atoms with Crippen LogP contribution in [0.15, 0.2) is 0 Å². The average Bonchev–Trinajstić information content (AvgIpc) is 2.00. The molecule has 0 atom stereocenters. The van der Waals surface area contributed by atoms with Crippen LogP contribution in [0, 0.1) is 0 Å². The summed E-state index contributed by atoms with van der Waals surface area (Å²) in [5.74, 6) is -0.747. The van der Waals surface area contributed by atoms with E-state index in [0.29, 0.717) is 6.04 Å². The van der Waals surface area contributed by atoms with Gasteiger partial charge in [-0.05, 0) is 40.9 Å². The first kappa shape index (κ1) is 13.4. The molecule has 0 aliphatic heterocycles. The zero-order valence-electron chi connectivity index (χ0n) is 9.66. The van der Waals surface area contributed by atoms with Crippen LogP contribution in [0.3, 0.4) is 0 Å². The first-order valence-electron chi connectivity index (χ1n) is 5.04. The molecule has 0 bridgehead atoms. The Bertz CT molecular complexity index is 170. The molecule has 0 fully saturated rings. The summed E-state index contributed by atoms with van der Waals surface area (Å²) >= 11 is 0. The maximum Gasteiger partial charge on any atom is 0.317 e. The Morgan fingerprint density at radius 3 is 2.21 bits per heavy atom. The quantitative estimate of drug-likeness (QED) is 0.661. The number of rotatable bonds is 7. The monoisotopic (exact) mass is 202 g/mol. The van der Waals surface area contributed by atoms with Crippen LogP contribution in [0.4, 0.5) is 0 Å². The molecule has 1 N–H and O–H groups in total. The van der Waals surface area contributed by atoms with Crippen LogP contribution >= 0.6 is 0 Å². The van der Waals surface area contributed by atoms with Crippen LogP contribution in [-0.4, -0.2) is 60.6 Å². The lowest BCUT2D eigenvalue weighted by molar-refractivity contribution is -0.138. The van der Waals surface area contributed by atoms with Gasteiger partial charge in [0.1, 0.15) is 0 Å². The summed E-state index contributed by atoms with van der Waals surface area (Å²) in [6.07, 6.45) is 1.01. The average molecular weight is 202 g/mol. The number of nitrogens with zero attached hydrogens (tertiary/aromatic N) is 2. The lowest BCUT2D eigenvalue weighted by atomic mass is 10.2. The number of carboxylic acid groups (broad SMARTS) is 1. The fourth-order valence-corrected chi connectivity index (χ4v) is 1.28. The molecule has 14 heavy (non-hydrogen) atoms. The molecule has 0 saturated heterocycles. The van der Waals surface area contributed by atoms with E-state index < -0.39 is 5.97 Å². The van der Waals surface area contributed by atoms with Gasteiger partial charge in [-0.2, -0.15) is 0 Å². The highest BCUT2D eigenvalue weighted by atomic mass is 16.4. The number of aliphatic carboxylic acids is 1. The minimum Gasteiger partial charge on any atom is -0.480 e. The molecule has 0 aromatic carbocycles. The minimum absolute atomic E-state index is 0.144. The van der Waals surface area contributed by atoms with Crippen LogP contribution < -0.4 is 0 Å². The molecule has 0 amide bonds. The molecule has 0 radical (unpaired) electrons. The van der Waals surface area contributed by atoms with Gasteiger partial charge in [0.2, 0.25) is 0 Å². The van der Waals surface area contributed by atoms with Gasteiger partial charge in [0.25, 0.3) is 0 Å².